The fourth-order valence-electron chi connectivity index (χ4n) is 4.72. The molecule has 2 bridgehead atoms. The Balaban J connectivity index is 1.43. The minimum atomic E-state index is -4.48. The van der Waals surface area contributed by atoms with Gasteiger partial charge in [0.1, 0.15) is 5.60 Å². The maximum atomic E-state index is 13.5. The van der Waals surface area contributed by atoms with Crippen LogP contribution in [-0.2, 0) is 6.18 Å². The highest BCUT2D eigenvalue weighted by Crippen LogP contribution is 2.41. The molecule has 4 heterocycles. The van der Waals surface area contributed by atoms with Crippen LogP contribution in [-0.4, -0.2) is 57.4 Å². The maximum absolute atomic E-state index is 13.5. The fourth-order valence-corrected chi connectivity index (χ4v) is 4.72. The van der Waals surface area contributed by atoms with Crippen molar-refractivity contribution in [2.45, 2.75) is 44.5 Å². The number of nitrogens with zero attached hydrogens (tertiary/aromatic N) is 5. The molecular formula is C26H27F3N6O3. The molecule has 1 aromatic carbocycles. The first kappa shape index (κ1) is 25.7. The van der Waals surface area contributed by atoms with Crippen molar-refractivity contribution in [2.24, 2.45) is 0 Å². The fraction of sp³-hybridized carbons (Fsp3) is 0.385. The van der Waals surface area contributed by atoms with Gasteiger partial charge in [0.15, 0.2) is 11.6 Å². The van der Waals surface area contributed by atoms with E-state index in [-0.39, 0.29) is 24.3 Å². The van der Waals surface area contributed by atoms with Crippen LogP contribution in [0.25, 0.3) is 11.3 Å². The third kappa shape index (κ3) is 5.21. The number of rotatable bonds is 6. The molecule has 12 heteroatoms. The van der Waals surface area contributed by atoms with E-state index in [4.69, 9.17) is 4.74 Å². The quantitative estimate of drug-likeness (QED) is 0.477. The Hall–Kier alpha value is -3.93. The number of anilines is 3. The van der Waals surface area contributed by atoms with Crippen molar-refractivity contribution in [3.8, 4) is 17.1 Å². The molecule has 1 saturated heterocycles. The van der Waals surface area contributed by atoms with Crippen molar-refractivity contribution in [1.82, 2.24) is 15.0 Å². The van der Waals surface area contributed by atoms with Gasteiger partial charge in [-0.2, -0.15) is 18.2 Å². The number of benzene rings is 1. The zero-order valence-corrected chi connectivity index (χ0v) is 20.9. The summed E-state index contributed by atoms with van der Waals surface area (Å²) in [4.78, 5) is 30.3. The van der Waals surface area contributed by atoms with Gasteiger partial charge >= 0.3 is 12.2 Å². The van der Waals surface area contributed by atoms with E-state index in [1.807, 2.05) is 0 Å². The maximum Gasteiger partial charge on any atom is 0.416 e. The summed E-state index contributed by atoms with van der Waals surface area (Å²) in [6.07, 6.45) is -0.570. The number of hydrogen-bond acceptors (Lipinski definition) is 7. The lowest BCUT2D eigenvalue weighted by Crippen LogP contribution is -2.48. The Labute approximate surface area is 217 Å². The molecule has 0 spiro atoms. The molecular weight excluding hydrogens is 501 g/mol. The molecule has 1 atom stereocenters. The van der Waals surface area contributed by atoms with Crippen molar-refractivity contribution < 1.29 is 27.8 Å². The van der Waals surface area contributed by atoms with Crippen molar-refractivity contribution in [2.75, 3.05) is 34.8 Å². The van der Waals surface area contributed by atoms with Gasteiger partial charge in [0.2, 0.25) is 5.88 Å². The second-order valence-corrected chi connectivity index (χ2v) is 9.88. The van der Waals surface area contributed by atoms with Gasteiger partial charge < -0.3 is 14.7 Å². The first-order valence-electron chi connectivity index (χ1n) is 12.2. The summed E-state index contributed by atoms with van der Waals surface area (Å²) in [5.74, 6) is 0.733. The van der Waals surface area contributed by atoms with E-state index in [0.29, 0.717) is 36.5 Å². The lowest BCUT2D eigenvalue weighted by atomic mass is 10.1. The average molecular weight is 529 g/mol. The first-order valence-corrected chi connectivity index (χ1v) is 12.2. The molecule has 0 saturated carbocycles. The summed E-state index contributed by atoms with van der Waals surface area (Å²) in [5.41, 5.74) is -0.0857. The van der Waals surface area contributed by atoms with Crippen molar-refractivity contribution in [3.63, 3.8) is 0 Å². The van der Waals surface area contributed by atoms with Crippen LogP contribution >= 0.6 is 0 Å². The number of fused-ring (bicyclic) bond motifs is 4. The summed E-state index contributed by atoms with van der Waals surface area (Å²) in [5, 5.41) is 12.0. The Morgan fingerprint density at radius 1 is 1.18 bits per heavy atom. The van der Waals surface area contributed by atoms with E-state index in [0.717, 1.165) is 24.4 Å². The van der Waals surface area contributed by atoms with Gasteiger partial charge in [-0.05, 0) is 44.5 Å². The van der Waals surface area contributed by atoms with E-state index in [1.54, 1.807) is 36.9 Å². The Kier molecular flexibility index (Phi) is 6.59. The average Bonchev–Trinajstić information content (AvgIpc) is 3.27. The van der Waals surface area contributed by atoms with Gasteiger partial charge in [0.25, 0.3) is 0 Å². The topological polar surface area (TPSA) is 104 Å². The van der Waals surface area contributed by atoms with E-state index >= 15 is 0 Å². The molecule has 9 nitrogen and oxygen atoms in total. The largest absolute Gasteiger partial charge is 0.470 e. The molecule has 0 radical (unpaired) electrons. The van der Waals surface area contributed by atoms with Crippen LogP contribution in [0, 0.1) is 0 Å². The summed E-state index contributed by atoms with van der Waals surface area (Å²) >= 11 is 0. The predicted octanol–water partition coefficient (Wildman–Crippen LogP) is 4.73. The minimum absolute atomic E-state index is 0.0564. The molecule has 2 aromatic heterocycles. The smallest absolute Gasteiger partial charge is 0.416 e. The number of aliphatic hydroxyl groups excluding tert-OH is 1. The summed E-state index contributed by atoms with van der Waals surface area (Å²) in [6.45, 7) is 4.91. The molecule has 0 aliphatic carbocycles. The second kappa shape index (κ2) is 9.75. The lowest BCUT2D eigenvalue weighted by molar-refractivity contribution is -0.137. The molecule has 3 aromatic rings. The number of amides is 2. The van der Waals surface area contributed by atoms with Crippen LogP contribution in [0.1, 0.15) is 32.3 Å². The molecule has 2 aliphatic rings. The van der Waals surface area contributed by atoms with E-state index in [1.165, 1.54) is 18.5 Å². The van der Waals surface area contributed by atoms with Gasteiger partial charge in [0, 0.05) is 31.7 Å². The van der Waals surface area contributed by atoms with E-state index < -0.39 is 23.4 Å². The first-order chi connectivity index (χ1) is 18.0. The van der Waals surface area contributed by atoms with Gasteiger partial charge in [-0.1, -0.05) is 12.1 Å². The van der Waals surface area contributed by atoms with Crippen LogP contribution in [0.5, 0.6) is 5.88 Å². The highest BCUT2D eigenvalue weighted by atomic mass is 19.4. The summed E-state index contributed by atoms with van der Waals surface area (Å²) in [6, 6.07) is 7.78. The van der Waals surface area contributed by atoms with E-state index in [2.05, 4.69) is 25.2 Å². The Morgan fingerprint density at radius 3 is 2.76 bits per heavy atom. The Bertz CT molecular complexity index is 1350. The summed E-state index contributed by atoms with van der Waals surface area (Å²) < 4.78 is 45.7. The number of aliphatic hydroxyl groups is 1. The van der Waals surface area contributed by atoms with Gasteiger partial charge in [-0.15, -0.1) is 0 Å². The molecule has 200 valence electrons. The number of halogens is 3. The van der Waals surface area contributed by atoms with Crippen LogP contribution < -0.4 is 19.9 Å². The zero-order valence-electron chi connectivity index (χ0n) is 20.9. The lowest BCUT2D eigenvalue weighted by Gasteiger charge is -2.35. The number of carbonyl (C=O) groups is 1. The molecule has 1 fully saturated rings. The normalized spacial score (nSPS) is 16.8. The molecule has 2 aliphatic heterocycles. The number of pyridine rings is 1. The Morgan fingerprint density at radius 2 is 2.00 bits per heavy atom. The van der Waals surface area contributed by atoms with Crippen LogP contribution in [0.3, 0.4) is 0 Å². The van der Waals surface area contributed by atoms with Crippen molar-refractivity contribution in [3.05, 3.63) is 54.4 Å². The summed E-state index contributed by atoms with van der Waals surface area (Å²) in [7, 11) is 0. The monoisotopic (exact) mass is 528 g/mol. The third-order valence-electron chi connectivity index (χ3n) is 6.60. The number of hydrogen-bond donors (Lipinski definition) is 2. The van der Waals surface area contributed by atoms with Gasteiger partial charge in [-0.25, -0.2) is 9.78 Å². The molecule has 0 unspecified atom stereocenters. The third-order valence-corrected chi connectivity index (χ3v) is 6.60. The molecule has 5 rings (SSSR count). The van der Waals surface area contributed by atoms with Crippen LogP contribution in [0.2, 0.25) is 0 Å². The minimum Gasteiger partial charge on any atom is -0.470 e. The highest BCUT2D eigenvalue weighted by molar-refractivity contribution is 6.04. The number of nitrogens with one attached hydrogen (secondary N) is 1. The van der Waals surface area contributed by atoms with Crippen molar-refractivity contribution in [1.29, 1.82) is 0 Å². The zero-order chi connectivity index (χ0) is 27.1. The number of aromatic nitrogens is 3. The number of ether oxygens (including phenoxy) is 1. The van der Waals surface area contributed by atoms with Gasteiger partial charge in [-0.3, -0.25) is 15.2 Å². The van der Waals surface area contributed by atoms with Crippen LogP contribution in [0.15, 0.2) is 48.8 Å². The van der Waals surface area contributed by atoms with Crippen molar-refractivity contribution >= 4 is 23.4 Å². The number of alkyl halides is 3. The number of urea groups is 1. The van der Waals surface area contributed by atoms with E-state index in [9.17, 15) is 23.1 Å². The van der Waals surface area contributed by atoms with Crippen LogP contribution in [0.4, 0.5) is 35.3 Å². The standard InChI is InChI=1S/C26H27F3N6O3/c1-25(2,9-11-36)38-22-14-30-13-21(32-22)33-24(37)35-18-8-10-34(15-18)20-7-6-19(31-23(20)35)16-4-3-5-17(12-16)26(27,28)29/h3-7,12-14,18,36H,8-11,15H2,1-2H3,(H,32,33,37)/t18-/m0/s1. The second-order valence-electron chi connectivity index (χ2n) is 9.88. The van der Waals surface area contributed by atoms with Gasteiger partial charge in [0.05, 0.1) is 35.4 Å². The molecule has 2 amide bonds. The SMILES string of the molecule is CC(C)(CCO)Oc1cncc(NC(=O)N2c3nc(-c4cccc(C(F)(F)F)c4)ccc3N3CC[C@H]2C3)n1. The number of carbonyl (C=O) groups excluding carboxylic acids is 1. The molecule has 38 heavy (non-hydrogen) atoms. The predicted molar refractivity (Wildman–Crippen MR) is 135 cm³/mol. The molecule has 2 N–H and O–H groups in total. The highest BCUT2D eigenvalue weighted by Gasteiger charge is 2.40.